The maximum absolute atomic E-state index is 12.8. The van der Waals surface area contributed by atoms with Crippen molar-refractivity contribution < 1.29 is 24.0 Å². The molecule has 0 saturated carbocycles. The molecule has 3 rings (SSSR count). The van der Waals surface area contributed by atoms with Crippen LogP contribution in [0.2, 0.25) is 0 Å². The first-order valence-electron chi connectivity index (χ1n) is 9.41. The van der Waals surface area contributed by atoms with Crippen molar-refractivity contribution in [1.82, 2.24) is 10.6 Å². The zero-order chi connectivity index (χ0) is 22.4. The standard InChI is InChI=1S/C21H21N3O6S/c1-3-30-20(25)18-17(12-31-16-9-7-15(29-2)8-10-16)22-21(26)23-19(18)13-5-4-6-14(11-13)24(27)28/h4-11,19H,3,12H2,1-2H3,(H2,22,23,26). The van der Waals surface area contributed by atoms with Gasteiger partial charge in [0.05, 0.1) is 30.3 Å². The van der Waals surface area contributed by atoms with E-state index in [1.165, 1.54) is 30.0 Å². The number of urea groups is 1. The third-order valence-corrected chi connectivity index (χ3v) is 5.54. The number of nitrogens with one attached hydrogen (secondary N) is 2. The van der Waals surface area contributed by atoms with E-state index in [0.717, 1.165) is 10.6 Å². The maximum atomic E-state index is 12.8. The first-order valence-corrected chi connectivity index (χ1v) is 10.4. The molecule has 1 heterocycles. The van der Waals surface area contributed by atoms with Crippen LogP contribution in [0.15, 0.2) is 64.7 Å². The highest BCUT2D eigenvalue weighted by Crippen LogP contribution is 2.32. The van der Waals surface area contributed by atoms with E-state index in [2.05, 4.69) is 10.6 Å². The van der Waals surface area contributed by atoms with Gasteiger partial charge in [-0.3, -0.25) is 10.1 Å². The fourth-order valence-electron chi connectivity index (χ4n) is 3.08. The summed E-state index contributed by atoms with van der Waals surface area (Å²) in [5.41, 5.74) is 0.879. The first kappa shape index (κ1) is 22.2. The van der Waals surface area contributed by atoms with E-state index in [1.807, 2.05) is 24.3 Å². The molecule has 0 fully saturated rings. The minimum Gasteiger partial charge on any atom is -0.497 e. The average Bonchev–Trinajstić information content (AvgIpc) is 2.77. The number of nitro groups is 1. The normalized spacial score (nSPS) is 15.7. The quantitative estimate of drug-likeness (QED) is 0.277. The molecular formula is C21H21N3O6S. The van der Waals surface area contributed by atoms with Gasteiger partial charge in [0.15, 0.2) is 0 Å². The lowest BCUT2D eigenvalue weighted by molar-refractivity contribution is -0.384. The number of nitro benzene ring substituents is 1. The Balaban J connectivity index is 1.97. The second-order valence-corrected chi connectivity index (χ2v) is 7.51. The maximum Gasteiger partial charge on any atom is 0.338 e. The highest BCUT2D eigenvalue weighted by atomic mass is 32.2. The van der Waals surface area contributed by atoms with Crippen LogP contribution in [0.25, 0.3) is 0 Å². The number of ether oxygens (including phenoxy) is 2. The van der Waals surface area contributed by atoms with E-state index in [0.29, 0.717) is 17.0 Å². The molecule has 2 N–H and O–H groups in total. The van der Waals surface area contributed by atoms with E-state index >= 15 is 0 Å². The number of benzene rings is 2. The van der Waals surface area contributed by atoms with Gasteiger partial charge in [-0.2, -0.15) is 0 Å². The molecule has 0 saturated heterocycles. The van der Waals surface area contributed by atoms with Crippen molar-refractivity contribution in [1.29, 1.82) is 0 Å². The summed E-state index contributed by atoms with van der Waals surface area (Å²) in [5.74, 6) is 0.410. The van der Waals surface area contributed by atoms with Gasteiger partial charge in [-0.05, 0) is 36.8 Å². The van der Waals surface area contributed by atoms with Crippen LogP contribution < -0.4 is 15.4 Å². The number of thioether (sulfide) groups is 1. The van der Waals surface area contributed by atoms with Gasteiger partial charge in [0.25, 0.3) is 5.69 Å². The Morgan fingerprint density at radius 3 is 2.61 bits per heavy atom. The van der Waals surface area contributed by atoms with E-state index < -0.39 is 23.0 Å². The van der Waals surface area contributed by atoms with Gasteiger partial charge in [-0.1, -0.05) is 12.1 Å². The number of carbonyl (C=O) groups is 2. The van der Waals surface area contributed by atoms with Crippen LogP contribution in [0.5, 0.6) is 5.75 Å². The molecule has 9 nitrogen and oxygen atoms in total. The molecule has 0 spiro atoms. The largest absolute Gasteiger partial charge is 0.497 e. The zero-order valence-electron chi connectivity index (χ0n) is 16.9. The van der Waals surface area contributed by atoms with Gasteiger partial charge in [0, 0.05) is 28.5 Å². The Hall–Kier alpha value is -3.53. The van der Waals surface area contributed by atoms with Gasteiger partial charge < -0.3 is 20.1 Å². The van der Waals surface area contributed by atoms with E-state index in [-0.39, 0.29) is 17.9 Å². The van der Waals surface area contributed by atoms with Gasteiger partial charge in [0.1, 0.15) is 5.75 Å². The van der Waals surface area contributed by atoms with Crippen molar-refractivity contribution in [3.63, 3.8) is 0 Å². The number of amides is 2. The molecule has 10 heteroatoms. The highest BCUT2D eigenvalue weighted by Gasteiger charge is 2.34. The number of hydrogen-bond donors (Lipinski definition) is 2. The molecule has 1 aliphatic rings. The van der Waals surface area contributed by atoms with Crippen LogP contribution in [0.3, 0.4) is 0 Å². The van der Waals surface area contributed by atoms with Crippen LogP contribution in [-0.4, -0.2) is 36.4 Å². The van der Waals surface area contributed by atoms with Crippen LogP contribution in [-0.2, 0) is 9.53 Å². The summed E-state index contributed by atoms with van der Waals surface area (Å²) in [6, 6.07) is 11.8. The Labute approximate surface area is 183 Å². The molecule has 2 aromatic rings. The summed E-state index contributed by atoms with van der Waals surface area (Å²) in [7, 11) is 1.58. The number of hydrogen-bond acceptors (Lipinski definition) is 7. The molecule has 0 aliphatic carbocycles. The van der Waals surface area contributed by atoms with Crippen molar-refractivity contribution in [3.05, 3.63) is 75.5 Å². The molecule has 1 unspecified atom stereocenters. The second kappa shape index (κ2) is 9.98. The minimum atomic E-state index is -0.876. The number of non-ortho nitro benzene ring substituents is 1. The number of rotatable bonds is 8. The summed E-state index contributed by atoms with van der Waals surface area (Å²) in [5, 5.41) is 16.5. The molecule has 0 radical (unpaired) electrons. The van der Waals surface area contributed by atoms with Gasteiger partial charge >= 0.3 is 12.0 Å². The summed E-state index contributed by atoms with van der Waals surface area (Å²) < 4.78 is 10.4. The Bertz CT molecular complexity index is 1020. The topological polar surface area (TPSA) is 120 Å². The second-order valence-electron chi connectivity index (χ2n) is 6.46. The van der Waals surface area contributed by atoms with Crippen molar-refractivity contribution in [2.75, 3.05) is 19.5 Å². The smallest absolute Gasteiger partial charge is 0.338 e. The van der Waals surface area contributed by atoms with Crippen LogP contribution in [0.1, 0.15) is 18.5 Å². The van der Waals surface area contributed by atoms with E-state index in [4.69, 9.17) is 9.47 Å². The lowest BCUT2D eigenvalue weighted by Gasteiger charge is -2.29. The summed E-state index contributed by atoms with van der Waals surface area (Å²) in [6.45, 7) is 1.83. The Morgan fingerprint density at radius 1 is 1.23 bits per heavy atom. The number of esters is 1. The fraction of sp³-hybridized carbons (Fsp3) is 0.238. The van der Waals surface area contributed by atoms with Crippen molar-refractivity contribution >= 4 is 29.4 Å². The van der Waals surface area contributed by atoms with E-state index in [9.17, 15) is 19.7 Å². The van der Waals surface area contributed by atoms with Gasteiger partial charge in [-0.25, -0.2) is 9.59 Å². The summed E-state index contributed by atoms with van der Waals surface area (Å²) >= 11 is 1.42. The molecule has 31 heavy (non-hydrogen) atoms. The predicted octanol–water partition coefficient (Wildman–Crippen LogP) is 3.57. The van der Waals surface area contributed by atoms with Crippen LogP contribution in [0.4, 0.5) is 10.5 Å². The van der Waals surface area contributed by atoms with Crippen LogP contribution in [0, 0.1) is 10.1 Å². The molecule has 2 aromatic carbocycles. The predicted molar refractivity (Wildman–Crippen MR) is 115 cm³/mol. The fourth-order valence-corrected chi connectivity index (χ4v) is 3.94. The third-order valence-electron chi connectivity index (χ3n) is 4.51. The van der Waals surface area contributed by atoms with Crippen molar-refractivity contribution in [3.8, 4) is 5.75 Å². The molecule has 0 bridgehead atoms. The summed E-state index contributed by atoms with van der Waals surface area (Å²) in [4.78, 5) is 36.7. The molecule has 162 valence electrons. The molecule has 2 amide bonds. The van der Waals surface area contributed by atoms with Crippen molar-refractivity contribution in [2.24, 2.45) is 0 Å². The van der Waals surface area contributed by atoms with E-state index in [1.54, 1.807) is 20.1 Å². The Kier molecular flexibility index (Phi) is 7.14. The van der Waals surface area contributed by atoms with Crippen LogP contribution >= 0.6 is 11.8 Å². The number of methoxy groups -OCH3 is 1. The number of carbonyl (C=O) groups excluding carboxylic acids is 2. The SMILES string of the molecule is CCOC(=O)C1=C(CSc2ccc(OC)cc2)NC(=O)NC1c1cccc([N+](=O)[O-])c1. The minimum absolute atomic E-state index is 0.136. The lowest BCUT2D eigenvalue weighted by Crippen LogP contribution is -2.46. The number of nitrogens with zero attached hydrogens (tertiary/aromatic N) is 1. The Morgan fingerprint density at radius 2 is 1.97 bits per heavy atom. The molecule has 1 aliphatic heterocycles. The van der Waals surface area contributed by atoms with Gasteiger partial charge in [0.2, 0.25) is 0 Å². The molecule has 0 aromatic heterocycles. The summed E-state index contributed by atoms with van der Waals surface area (Å²) in [6.07, 6.45) is 0. The highest BCUT2D eigenvalue weighted by molar-refractivity contribution is 7.99. The third kappa shape index (κ3) is 5.34. The molecule has 1 atom stereocenters. The lowest BCUT2D eigenvalue weighted by atomic mass is 9.95. The van der Waals surface area contributed by atoms with Crippen molar-refractivity contribution in [2.45, 2.75) is 17.9 Å². The zero-order valence-corrected chi connectivity index (χ0v) is 17.7. The average molecular weight is 443 g/mol. The first-order chi connectivity index (χ1) is 14.9. The molecular weight excluding hydrogens is 422 g/mol. The monoisotopic (exact) mass is 443 g/mol. The van der Waals surface area contributed by atoms with Gasteiger partial charge in [-0.15, -0.1) is 11.8 Å².